The van der Waals surface area contributed by atoms with E-state index < -0.39 is 0 Å². The lowest BCUT2D eigenvalue weighted by Gasteiger charge is -2.08. The number of nitrogens with one attached hydrogen (secondary N) is 1. The predicted octanol–water partition coefficient (Wildman–Crippen LogP) is 1.73. The highest BCUT2D eigenvalue weighted by molar-refractivity contribution is 7.99. The lowest BCUT2D eigenvalue weighted by atomic mass is 10.2. The summed E-state index contributed by atoms with van der Waals surface area (Å²) >= 11 is 1.53. The Morgan fingerprint density at radius 1 is 1.59 bits per heavy atom. The minimum absolute atomic E-state index is 0.0857. The SMILES string of the molecule is CC[C@H](C#N)NC(=O)CSCc1ccncc1. The highest BCUT2D eigenvalue weighted by Gasteiger charge is 2.08. The second kappa shape index (κ2) is 7.69. The summed E-state index contributed by atoms with van der Waals surface area (Å²) in [7, 11) is 0. The van der Waals surface area contributed by atoms with Gasteiger partial charge >= 0.3 is 0 Å². The summed E-state index contributed by atoms with van der Waals surface area (Å²) in [6.07, 6.45) is 4.11. The van der Waals surface area contributed by atoms with Crippen LogP contribution in [0.15, 0.2) is 24.5 Å². The van der Waals surface area contributed by atoms with E-state index in [1.165, 1.54) is 11.8 Å². The van der Waals surface area contributed by atoms with Gasteiger partial charge in [0.05, 0.1) is 11.8 Å². The van der Waals surface area contributed by atoms with Crippen LogP contribution >= 0.6 is 11.8 Å². The minimum Gasteiger partial charge on any atom is -0.340 e. The molecule has 0 spiro atoms. The number of carbonyl (C=O) groups excluding carboxylic acids is 1. The molecule has 1 amide bonds. The van der Waals surface area contributed by atoms with Gasteiger partial charge in [0.2, 0.25) is 5.91 Å². The van der Waals surface area contributed by atoms with E-state index in [2.05, 4.69) is 10.3 Å². The van der Waals surface area contributed by atoms with Crippen LogP contribution in [0.2, 0.25) is 0 Å². The molecule has 0 aromatic carbocycles. The van der Waals surface area contributed by atoms with E-state index in [1.54, 1.807) is 12.4 Å². The molecule has 1 rings (SSSR count). The first-order valence-corrected chi connectivity index (χ1v) is 6.57. The standard InChI is InChI=1S/C12H15N3OS/c1-2-11(7-13)15-12(16)9-17-8-10-3-5-14-6-4-10/h3-6,11H,2,8-9H2,1H3,(H,15,16)/t11-/m1/s1. The number of rotatable bonds is 6. The number of nitrogens with zero attached hydrogens (tertiary/aromatic N) is 2. The van der Waals surface area contributed by atoms with Crippen molar-refractivity contribution >= 4 is 17.7 Å². The maximum absolute atomic E-state index is 11.5. The molecule has 17 heavy (non-hydrogen) atoms. The van der Waals surface area contributed by atoms with Gasteiger partial charge in [-0.1, -0.05) is 6.92 Å². The van der Waals surface area contributed by atoms with E-state index in [9.17, 15) is 4.79 Å². The molecule has 1 heterocycles. The molecule has 0 aliphatic heterocycles. The third kappa shape index (κ3) is 5.36. The molecule has 1 atom stereocenters. The molecule has 0 saturated carbocycles. The van der Waals surface area contributed by atoms with Crippen LogP contribution < -0.4 is 5.32 Å². The van der Waals surface area contributed by atoms with E-state index in [1.807, 2.05) is 25.1 Å². The van der Waals surface area contributed by atoms with Crippen molar-refractivity contribution in [3.05, 3.63) is 30.1 Å². The average molecular weight is 249 g/mol. The fraction of sp³-hybridized carbons (Fsp3) is 0.417. The number of pyridine rings is 1. The molecule has 0 aliphatic rings. The van der Waals surface area contributed by atoms with Gasteiger partial charge in [0.15, 0.2) is 0 Å². The Labute approximate surface area is 105 Å². The van der Waals surface area contributed by atoms with Crippen molar-refractivity contribution in [1.82, 2.24) is 10.3 Å². The summed E-state index contributed by atoms with van der Waals surface area (Å²) in [6, 6.07) is 5.52. The van der Waals surface area contributed by atoms with Crippen LogP contribution in [0, 0.1) is 11.3 Å². The maximum Gasteiger partial charge on any atom is 0.231 e. The smallest absolute Gasteiger partial charge is 0.231 e. The number of hydrogen-bond acceptors (Lipinski definition) is 4. The van der Waals surface area contributed by atoms with Crippen molar-refractivity contribution in [1.29, 1.82) is 5.26 Å². The summed E-state index contributed by atoms with van der Waals surface area (Å²) in [6.45, 7) is 1.87. The van der Waals surface area contributed by atoms with Gasteiger partial charge in [-0.2, -0.15) is 5.26 Å². The van der Waals surface area contributed by atoms with Crippen LogP contribution in [0.25, 0.3) is 0 Å². The van der Waals surface area contributed by atoms with Gasteiger partial charge in [0.25, 0.3) is 0 Å². The molecule has 0 fully saturated rings. The van der Waals surface area contributed by atoms with Crippen LogP contribution in [0.3, 0.4) is 0 Å². The molecule has 1 aromatic heterocycles. The predicted molar refractivity (Wildman–Crippen MR) is 68.2 cm³/mol. The summed E-state index contributed by atoms with van der Waals surface area (Å²) in [4.78, 5) is 15.4. The van der Waals surface area contributed by atoms with Gasteiger partial charge in [-0.15, -0.1) is 11.8 Å². The van der Waals surface area contributed by atoms with Crippen LogP contribution in [0.1, 0.15) is 18.9 Å². The zero-order valence-electron chi connectivity index (χ0n) is 9.72. The molecule has 0 aliphatic carbocycles. The second-order valence-electron chi connectivity index (χ2n) is 3.51. The van der Waals surface area contributed by atoms with Crippen LogP contribution in [-0.2, 0) is 10.5 Å². The Balaban J connectivity index is 2.23. The average Bonchev–Trinajstić information content (AvgIpc) is 2.37. The second-order valence-corrected chi connectivity index (χ2v) is 4.49. The third-order valence-corrected chi connectivity index (χ3v) is 3.15. The Morgan fingerprint density at radius 2 is 2.29 bits per heavy atom. The van der Waals surface area contributed by atoms with Crippen molar-refractivity contribution in [3.63, 3.8) is 0 Å². The summed E-state index contributed by atoms with van der Waals surface area (Å²) < 4.78 is 0. The molecule has 5 heteroatoms. The Bertz CT molecular complexity index is 388. The third-order valence-electron chi connectivity index (χ3n) is 2.15. The summed E-state index contributed by atoms with van der Waals surface area (Å²) in [5.41, 5.74) is 1.14. The number of thioether (sulfide) groups is 1. The van der Waals surface area contributed by atoms with Gasteiger partial charge < -0.3 is 5.32 Å². The zero-order valence-corrected chi connectivity index (χ0v) is 10.5. The molecule has 1 aromatic rings. The van der Waals surface area contributed by atoms with Crippen molar-refractivity contribution in [2.24, 2.45) is 0 Å². The lowest BCUT2D eigenvalue weighted by Crippen LogP contribution is -2.34. The van der Waals surface area contributed by atoms with Gasteiger partial charge in [0.1, 0.15) is 6.04 Å². The van der Waals surface area contributed by atoms with E-state index in [4.69, 9.17) is 5.26 Å². The van der Waals surface area contributed by atoms with Crippen LogP contribution in [0.5, 0.6) is 0 Å². The number of aromatic nitrogens is 1. The monoisotopic (exact) mass is 249 g/mol. The number of hydrogen-bond donors (Lipinski definition) is 1. The van der Waals surface area contributed by atoms with Crippen molar-refractivity contribution < 1.29 is 4.79 Å². The summed E-state index contributed by atoms with van der Waals surface area (Å²) in [5.74, 6) is 1.07. The fourth-order valence-corrected chi connectivity index (χ4v) is 2.00. The molecular formula is C12H15N3OS. The van der Waals surface area contributed by atoms with Crippen LogP contribution in [-0.4, -0.2) is 22.7 Å². The maximum atomic E-state index is 11.5. The number of nitriles is 1. The first-order chi connectivity index (χ1) is 8.26. The van der Waals surface area contributed by atoms with E-state index >= 15 is 0 Å². The first-order valence-electron chi connectivity index (χ1n) is 5.42. The van der Waals surface area contributed by atoms with E-state index in [0.29, 0.717) is 12.2 Å². The van der Waals surface area contributed by atoms with Crippen LogP contribution in [0.4, 0.5) is 0 Å². The van der Waals surface area contributed by atoms with E-state index in [-0.39, 0.29) is 11.9 Å². The molecule has 0 bridgehead atoms. The lowest BCUT2D eigenvalue weighted by molar-refractivity contribution is -0.118. The fourth-order valence-electron chi connectivity index (χ4n) is 1.20. The van der Waals surface area contributed by atoms with Crippen molar-refractivity contribution in [3.8, 4) is 6.07 Å². The molecule has 0 radical (unpaired) electrons. The van der Waals surface area contributed by atoms with Crippen molar-refractivity contribution in [2.45, 2.75) is 25.1 Å². The van der Waals surface area contributed by atoms with Gasteiger partial charge in [-0.3, -0.25) is 9.78 Å². The zero-order chi connectivity index (χ0) is 12.5. The molecule has 4 nitrogen and oxygen atoms in total. The minimum atomic E-state index is -0.371. The van der Waals surface area contributed by atoms with Crippen molar-refractivity contribution in [2.75, 3.05) is 5.75 Å². The van der Waals surface area contributed by atoms with Gasteiger partial charge in [0, 0.05) is 18.1 Å². The highest BCUT2D eigenvalue weighted by atomic mass is 32.2. The van der Waals surface area contributed by atoms with Gasteiger partial charge in [-0.25, -0.2) is 0 Å². The summed E-state index contributed by atoms with van der Waals surface area (Å²) in [5, 5.41) is 11.4. The Kier molecular flexibility index (Phi) is 6.12. The molecule has 90 valence electrons. The Morgan fingerprint density at radius 3 is 2.88 bits per heavy atom. The Hall–Kier alpha value is -1.54. The largest absolute Gasteiger partial charge is 0.340 e. The molecule has 1 N–H and O–H groups in total. The normalized spacial score (nSPS) is 11.5. The first kappa shape index (κ1) is 13.5. The topological polar surface area (TPSA) is 65.8 Å². The highest BCUT2D eigenvalue weighted by Crippen LogP contribution is 2.10. The molecular weight excluding hydrogens is 234 g/mol. The molecule has 0 unspecified atom stereocenters. The number of carbonyl (C=O) groups is 1. The number of amides is 1. The molecule has 0 saturated heterocycles. The quantitative estimate of drug-likeness (QED) is 0.834. The van der Waals surface area contributed by atoms with E-state index in [0.717, 1.165) is 11.3 Å². The van der Waals surface area contributed by atoms with Gasteiger partial charge in [-0.05, 0) is 24.1 Å².